The predicted molar refractivity (Wildman–Crippen MR) is 94.8 cm³/mol. The van der Waals surface area contributed by atoms with Crippen molar-refractivity contribution in [3.8, 4) is 0 Å². The van der Waals surface area contributed by atoms with Crippen LogP contribution in [0.25, 0.3) is 0 Å². The number of likely N-dealkylation sites (N-methyl/N-ethyl adjacent to an activating group) is 1. The highest BCUT2D eigenvalue weighted by molar-refractivity contribution is 7.89. The van der Waals surface area contributed by atoms with Crippen molar-refractivity contribution < 1.29 is 18.0 Å². The normalized spacial score (nSPS) is 13.6. The van der Waals surface area contributed by atoms with E-state index in [0.29, 0.717) is 16.9 Å². The van der Waals surface area contributed by atoms with Crippen LogP contribution >= 0.6 is 0 Å². The van der Waals surface area contributed by atoms with Gasteiger partial charge in [-0.25, -0.2) is 13.1 Å². The van der Waals surface area contributed by atoms with Gasteiger partial charge in [-0.1, -0.05) is 6.07 Å². The SMILES string of the molecule is CN1C(=O)Cc2cc(S(=O)(=O)NCC(=O)NCc3ccccn3)ccc21. The summed E-state index contributed by atoms with van der Waals surface area (Å²) in [4.78, 5) is 29.1. The second kappa shape index (κ2) is 7.22. The first-order chi connectivity index (χ1) is 12.4. The summed E-state index contributed by atoms with van der Waals surface area (Å²) >= 11 is 0. The minimum Gasteiger partial charge on any atom is -0.349 e. The molecule has 2 amide bonds. The third kappa shape index (κ3) is 3.89. The van der Waals surface area contributed by atoms with Gasteiger partial charge in [0.05, 0.1) is 30.1 Å². The minimum absolute atomic E-state index is 0.0249. The largest absolute Gasteiger partial charge is 0.349 e. The van der Waals surface area contributed by atoms with Crippen LogP contribution in [-0.4, -0.2) is 38.8 Å². The molecule has 26 heavy (non-hydrogen) atoms. The Labute approximate surface area is 151 Å². The average Bonchev–Trinajstić information content (AvgIpc) is 2.93. The number of fused-ring (bicyclic) bond motifs is 1. The molecule has 0 saturated heterocycles. The van der Waals surface area contributed by atoms with Crippen LogP contribution in [0.4, 0.5) is 5.69 Å². The number of pyridine rings is 1. The lowest BCUT2D eigenvalue weighted by molar-refractivity contribution is -0.120. The first kappa shape index (κ1) is 18.0. The van der Waals surface area contributed by atoms with Crippen LogP contribution in [0.1, 0.15) is 11.3 Å². The Morgan fingerprint density at radius 3 is 2.81 bits per heavy atom. The Hall–Kier alpha value is -2.78. The number of amides is 2. The summed E-state index contributed by atoms with van der Waals surface area (Å²) in [5.41, 5.74) is 2.03. The lowest BCUT2D eigenvalue weighted by atomic mass is 10.2. The van der Waals surface area contributed by atoms with E-state index in [0.717, 1.165) is 0 Å². The zero-order valence-electron chi connectivity index (χ0n) is 14.1. The highest BCUT2D eigenvalue weighted by atomic mass is 32.2. The Balaban J connectivity index is 1.60. The first-order valence-corrected chi connectivity index (χ1v) is 9.41. The highest BCUT2D eigenvalue weighted by Gasteiger charge is 2.26. The number of nitrogens with zero attached hydrogens (tertiary/aromatic N) is 2. The molecule has 9 heteroatoms. The van der Waals surface area contributed by atoms with E-state index in [9.17, 15) is 18.0 Å². The van der Waals surface area contributed by atoms with Gasteiger partial charge in [-0.05, 0) is 35.9 Å². The highest BCUT2D eigenvalue weighted by Crippen LogP contribution is 2.29. The molecule has 1 aromatic heterocycles. The molecule has 0 saturated carbocycles. The van der Waals surface area contributed by atoms with Gasteiger partial charge in [0.1, 0.15) is 0 Å². The molecule has 0 unspecified atom stereocenters. The molecular formula is C17H18N4O4S. The maximum absolute atomic E-state index is 12.4. The predicted octanol–water partition coefficient (Wildman–Crippen LogP) is 0.195. The van der Waals surface area contributed by atoms with Crippen molar-refractivity contribution >= 4 is 27.5 Å². The molecule has 0 bridgehead atoms. The zero-order valence-corrected chi connectivity index (χ0v) is 14.9. The van der Waals surface area contributed by atoms with Crippen LogP contribution in [0.15, 0.2) is 47.5 Å². The Morgan fingerprint density at radius 2 is 2.08 bits per heavy atom. The molecule has 0 aliphatic carbocycles. The van der Waals surface area contributed by atoms with Gasteiger partial charge in [-0.2, -0.15) is 0 Å². The Bertz CT molecular complexity index is 944. The summed E-state index contributed by atoms with van der Waals surface area (Å²) in [5.74, 6) is -0.549. The van der Waals surface area contributed by atoms with E-state index in [-0.39, 0.29) is 30.3 Å². The molecule has 2 aromatic rings. The number of hydrogen-bond acceptors (Lipinski definition) is 5. The molecule has 2 heterocycles. The third-order valence-electron chi connectivity index (χ3n) is 4.05. The van der Waals surface area contributed by atoms with E-state index in [1.165, 1.54) is 17.0 Å². The van der Waals surface area contributed by atoms with Crippen LogP contribution in [-0.2, 0) is 32.6 Å². The first-order valence-electron chi connectivity index (χ1n) is 7.92. The number of aromatic nitrogens is 1. The number of carbonyl (C=O) groups is 2. The van der Waals surface area contributed by atoms with Crippen molar-refractivity contribution in [2.24, 2.45) is 0 Å². The molecule has 0 atom stereocenters. The molecule has 1 aliphatic rings. The second-order valence-corrected chi connectivity index (χ2v) is 7.61. The van der Waals surface area contributed by atoms with E-state index in [2.05, 4.69) is 15.0 Å². The monoisotopic (exact) mass is 374 g/mol. The summed E-state index contributed by atoms with van der Waals surface area (Å²) in [5, 5.41) is 2.60. The van der Waals surface area contributed by atoms with E-state index in [4.69, 9.17) is 0 Å². The number of carbonyl (C=O) groups excluding carboxylic acids is 2. The Kier molecular flexibility index (Phi) is 5.01. The van der Waals surface area contributed by atoms with Crippen molar-refractivity contribution in [2.75, 3.05) is 18.5 Å². The molecule has 0 spiro atoms. The molecule has 0 radical (unpaired) electrons. The maximum atomic E-state index is 12.4. The molecular weight excluding hydrogens is 356 g/mol. The summed E-state index contributed by atoms with van der Waals surface area (Å²) in [7, 11) is -2.21. The van der Waals surface area contributed by atoms with Crippen molar-refractivity contribution in [3.63, 3.8) is 0 Å². The summed E-state index contributed by atoms with van der Waals surface area (Å²) in [6.45, 7) is -0.167. The van der Waals surface area contributed by atoms with Crippen LogP contribution in [0, 0.1) is 0 Å². The van der Waals surface area contributed by atoms with Crippen molar-refractivity contribution in [1.82, 2.24) is 15.0 Å². The van der Waals surface area contributed by atoms with Gasteiger partial charge in [0.25, 0.3) is 0 Å². The molecule has 1 aromatic carbocycles. The lowest BCUT2D eigenvalue weighted by Gasteiger charge is -2.11. The molecule has 0 fully saturated rings. The fourth-order valence-electron chi connectivity index (χ4n) is 2.61. The minimum atomic E-state index is -3.85. The lowest BCUT2D eigenvalue weighted by Crippen LogP contribution is -2.36. The van der Waals surface area contributed by atoms with Crippen LogP contribution in [0.2, 0.25) is 0 Å². The quantitative estimate of drug-likeness (QED) is 0.751. The fourth-order valence-corrected chi connectivity index (χ4v) is 3.64. The third-order valence-corrected chi connectivity index (χ3v) is 5.45. The van der Waals surface area contributed by atoms with E-state index >= 15 is 0 Å². The van der Waals surface area contributed by atoms with Crippen LogP contribution in [0.5, 0.6) is 0 Å². The van der Waals surface area contributed by atoms with Crippen LogP contribution in [0.3, 0.4) is 0 Å². The number of benzene rings is 1. The van der Waals surface area contributed by atoms with Crippen molar-refractivity contribution in [3.05, 3.63) is 53.9 Å². The van der Waals surface area contributed by atoms with Crippen molar-refractivity contribution in [2.45, 2.75) is 17.9 Å². The summed E-state index contributed by atoms with van der Waals surface area (Å²) in [6, 6.07) is 9.80. The molecule has 136 valence electrons. The topological polar surface area (TPSA) is 108 Å². The second-order valence-electron chi connectivity index (χ2n) is 5.84. The van der Waals surface area contributed by atoms with Gasteiger partial charge in [-0.15, -0.1) is 0 Å². The van der Waals surface area contributed by atoms with Gasteiger partial charge >= 0.3 is 0 Å². The van der Waals surface area contributed by atoms with E-state index in [1.54, 1.807) is 37.5 Å². The number of hydrogen-bond donors (Lipinski definition) is 2. The van der Waals surface area contributed by atoms with Crippen molar-refractivity contribution in [1.29, 1.82) is 0 Å². The van der Waals surface area contributed by atoms with E-state index < -0.39 is 15.9 Å². The average molecular weight is 374 g/mol. The maximum Gasteiger partial charge on any atom is 0.241 e. The molecule has 2 N–H and O–H groups in total. The molecule has 8 nitrogen and oxygen atoms in total. The van der Waals surface area contributed by atoms with Gasteiger partial charge in [0.2, 0.25) is 21.8 Å². The summed E-state index contributed by atoms with van der Waals surface area (Å²) in [6.07, 6.45) is 1.78. The summed E-state index contributed by atoms with van der Waals surface area (Å²) < 4.78 is 27.0. The number of sulfonamides is 1. The van der Waals surface area contributed by atoms with Crippen LogP contribution < -0.4 is 14.9 Å². The fraction of sp³-hybridized carbons (Fsp3) is 0.235. The van der Waals surface area contributed by atoms with Gasteiger partial charge in [0, 0.05) is 18.9 Å². The van der Waals surface area contributed by atoms with Gasteiger partial charge in [-0.3, -0.25) is 14.6 Å². The molecule has 1 aliphatic heterocycles. The number of rotatable bonds is 6. The van der Waals surface area contributed by atoms with E-state index in [1.807, 2.05) is 0 Å². The Morgan fingerprint density at radius 1 is 1.27 bits per heavy atom. The molecule has 3 rings (SSSR count). The number of nitrogens with one attached hydrogen (secondary N) is 2. The standard InChI is InChI=1S/C17H18N4O4S/c1-21-15-6-5-14(8-12(15)9-17(21)23)26(24,25)20-11-16(22)19-10-13-4-2-3-7-18-13/h2-8,20H,9-11H2,1H3,(H,19,22). The smallest absolute Gasteiger partial charge is 0.241 e. The zero-order chi connectivity index (χ0) is 18.7. The van der Waals surface area contributed by atoms with Gasteiger partial charge < -0.3 is 10.2 Å². The number of anilines is 1. The van der Waals surface area contributed by atoms with Gasteiger partial charge in [0.15, 0.2) is 0 Å².